The van der Waals surface area contributed by atoms with Gasteiger partial charge in [0, 0.05) is 16.1 Å². The van der Waals surface area contributed by atoms with E-state index in [9.17, 15) is 4.79 Å². The van der Waals surface area contributed by atoms with E-state index < -0.39 is 0 Å². The topological polar surface area (TPSA) is 70.9 Å². The summed E-state index contributed by atoms with van der Waals surface area (Å²) < 4.78 is 5.88. The Hall–Kier alpha value is -1.47. The summed E-state index contributed by atoms with van der Waals surface area (Å²) in [5.41, 5.74) is 2.77. The molecule has 0 spiro atoms. The van der Waals surface area contributed by atoms with Crippen molar-refractivity contribution in [3.63, 3.8) is 0 Å². The Bertz CT molecular complexity index is 680. The van der Waals surface area contributed by atoms with Crippen LogP contribution in [0.5, 0.6) is 0 Å². The smallest absolute Gasteiger partial charge is 0.225 e. The number of aryl methyl sites for hydroxylation is 3. The van der Waals surface area contributed by atoms with Crippen LogP contribution in [0.1, 0.15) is 47.0 Å². The molecule has 0 aliphatic heterocycles. The number of rotatable bonds is 5. The fraction of sp³-hybridized carbons (Fsp3) is 0.500. The zero-order chi connectivity index (χ0) is 15.6. The average Bonchev–Trinajstić information content (AvgIpc) is 2.90. The maximum absolute atomic E-state index is 12.3. The minimum atomic E-state index is -0.0732. The SMILES string of the molecule is CC[C@@H](NC(=O)Cc1sc(=S)[nH]c1C)c1c(C)noc1C. The van der Waals surface area contributed by atoms with Crippen molar-refractivity contribution in [3.8, 4) is 0 Å². The highest BCUT2D eigenvalue weighted by atomic mass is 32.1. The van der Waals surface area contributed by atoms with Gasteiger partial charge >= 0.3 is 0 Å². The van der Waals surface area contributed by atoms with Gasteiger partial charge in [0.1, 0.15) is 5.76 Å². The van der Waals surface area contributed by atoms with Gasteiger partial charge in [0.2, 0.25) is 5.91 Å². The van der Waals surface area contributed by atoms with Gasteiger partial charge in [0.05, 0.1) is 18.2 Å². The van der Waals surface area contributed by atoms with Crippen LogP contribution >= 0.6 is 23.6 Å². The quantitative estimate of drug-likeness (QED) is 0.825. The highest BCUT2D eigenvalue weighted by molar-refractivity contribution is 7.73. The van der Waals surface area contributed by atoms with E-state index in [0.29, 0.717) is 10.4 Å². The number of hydrogen-bond acceptors (Lipinski definition) is 5. The molecule has 2 rings (SSSR count). The number of aromatic nitrogens is 2. The Morgan fingerprint density at radius 2 is 2.19 bits per heavy atom. The Labute approximate surface area is 132 Å². The zero-order valence-electron chi connectivity index (χ0n) is 12.6. The number of carbonyl (C=O) groups is 1. The monoisotopic (exact) mass is 325 g/mol. The first kappa shape index (κ1) is 15.9. The van der Waals surface area contributed by atoms with Crippen molar-refractivity contribution in [2.45, 2.75) is 46.6 Å². The van der Waals surface area contributed by atoms with Crippen molar-refractivity contribution >= 4 is 29.5 Å². The number of thiazole rings is 1. The molecule has 0 bridgehead atoms. The molecule has 1 atom stereocenters. The van der Waals surface area contributed by atoms with E-state index in [1.54, 1.807) is 0 Å². The lowest BCUT2D eigenvalue weighted by Crippen LogP contribution is -2.30. The molecule has 0 saturated carbocycles. The Kier molecular flexibility index (Phi) is 4.95. The largest absolute Gasteiger partial charge is 0.361 e. The third kappa shape index (κ3) is 3.59. The number of carbonyl (C=O) groups excluding carboxylic acids is 1. The van der Waals surface area contributed by atoms with Gasteiger partial charge in [-0.15, -0.1) is 11.3 Å². The van der Waals surface area contributed by atoms with Crippen LogP contribution in [-0.2, 0) is 11.2 Å². The maximum atomic E-state index is 12.3. The molecule has 0 fully saturated rings. The minimum absolute atomic E-state index is 0.0183. The number of H-pyrrole nitrogens is 1. The molecular weight excluding hydrogens is 306 g/mol. The Balaban J connectivity index is 2.10. The van der Waals surface area contributed by atoms with Crippen LogP contribution in [0.25, 0.3) is 0 Å². The fourth-order valence-electron chi connectivity index (χ4n) is 2.36. The van der Waals surface area contributed by atoms with Gasteiger partial charge in [-0.2, -0.15) is 0 Å². The van der Waals surface area contributed by atoms with Crippen molar-refractivity contribution in [3.05, 3.63) is 31.5 Å². The second kappa shape index (κ2) is 6.53. The Morgan fingerprint density at radius 3 is 2.67 bits per heavy atom. The van der Waals surface area contributed by atoms with E-state index in [1.807, 2.05) is 27.7 Å². The number of nitrogens with one attached hydrogen (secondary N) is 2. The molecule has 5 nitrogen and oxygen atoms in total. The summed E-state index contributed by atoms with van der Waals surface area (Å²) in [6.45, 7) is 7.72. The summed E-state index contributed by atoms with van der Waals surface area (Å²) in [7, 11) is 0. The molecule has 0 aliphatic rings. The molecule has 0 saturated heterocycles. The summed E-state index contributed by atoms with van der Waals surface area (Å²) in [5.74, 6) is 0.739. The number of hydrogen-bond donors (Lipinski definition) is 2. The second-order valence-electron chi connectivity index (χ2n) is 5.01. The summed E-state index contributed by atoms with van der Waals surface area (Å²) in [6, 6.07) is -0.0732. The number of nitrogens with zero attached hydrogens (tertiary/aromatic N) is 1. The van der Waals surface area contributed by atoms with Gasteiger partial charge in [-0.1, -0.05) is 12.1 Å². The van der Waals surface area contributed by atoms with Crippen LogP contribution < -0.4 is 5.32 Å². The predicted molar refractivity (Wildman–Crippen MR) is 85.1 cm³/mol. The normalized spacial score (nSPS) is 12.4. The molecule has 2 heterocycles. The van der Waals surface area contributed by atoms with Gasteiger partial charge in [-0.25, -0.2) is 0 Å². The molecule has 7 heteroatoms. The highest BCUT2D eigenvalue weighted by Gasteiger charge is 2.21. The molecule has 2 N–H and O–H groups in total. The van der Waals surface area contributed by atoms with Gasteiger partial charge in [0.25, 0.3) is 0 Å². The standard InChI is InChI=1S/C14H19N3O2S2/c1-5-10(13-8(3)17-19-9(13)4)16-12(18)6-11-7(2)15-14(20)21-11/h10H,5-6H2,1-4H3,(H,15,20)(H,16,18)/t10-/m1/s1. The van der Waals surface area contributed by atoms with Gasteiger partial charge in [0.15, 0.2) is 3.95 Å². The summed E-state index contributed by atoms with van der Waals surface area (Å²) >= 11 is 6.54. The molecule has 0 unspecified atom stereocenters. The molecule has 1 amide bonds. The number of aromatic amines is 1. The van der Waals surface area contributed by atoms with Crippen molar-refractivity contribution in [1.29, 1.82) is 0 Å². The molecule has 0 radical (unpaired) electrons. The first-order chi connectivity index (χ1) is 9.92. The zero-order valence-corrected chi connectivity index (χ0v) is 14.2. The highest BCUT2D eigenvalue weighted by Crippen LogP contribution is 2.24. The molecule has 2 aromatic heterocycles. The predicted octanol–water partition coefficient (Wildman–Crippen LogP) is 3.53. The van der Waals surface area contributed by atoms with E-state index >= 15 is 0 Å². The lowest BCUT2D eigenvalue weighted by molar-refractivity contribution is -0.121. The van der Waals surface area contributed by atoms with Crippen LogP contribution in [0.15, 0.2) is 4.52 Å². The summed E-state index contributed by atoms with van der Waals surface area (Å²) in [6.07, 6.45) is 1.12. The molecule has 0 aliphatic carbocycles. The average molecular weight is 325 g/mol. The van der Waals surface area contributed by atoms with Crippen LogP contribution in [0.2, 0.25) is 0 Å². The van der Waals surface area contributed by atoms with Crippen molar-refractivity contribution in [2.24, 2.45) is 0 Å². The van der Waals surface area contributed by atoms with Crippen LogP contribution in [0.4, 0.5) is 0 Å². The first-order valence-corrected chi connectivity index (χ1v) is 8.05. The van der Waals surface area contributed by atoms with E-state index in [1.165, 1.54) is 11.3 Å². The second-order valence-corrected chi connectivity index (χ2v) is 6.78. The van der Waals surface area contributed by atoms with Crippen LogP contribution in [0, 0.1) is 24.7 Å². The van der Waals surface area contributed by atoms with Crippen molar-refractivity contribution in [2.75, 3.05) is 0 Å². The molecule has 114 valence electrons. The lowest BCUT2D eigenvalue weighted by Gasteiger charge is -2.16. The van der Waals surface area contributed by atoms with Gasteiger partial charge in [-0.05, 0) is 39.4 Å². The number of amides is 1. The van der Waals surface area contributed by atoms with E-state index in [0.717, 1.165) is 34.0 Å². The van der Waals surface area contributed by atoms with E-state index in [2.05, 4.69) is 15.5 Å². The van der Waals surface area contributed by atoms with Crippen LogP contribution in [-0.4, -0.2) is 16.0 Å². The van der Waals surface area contributed by atoms with Crippen LogP contribution in [0.3, 0.4) is 0 Å². The maximum Gasteiger partial charge on any atom is 0.225 e. The van der Waals surface area contributed by atoms with E-state index in [-0.39, 0.29) is 11.9 Å². The molecule has 21 heavy (non-hydrogen) atoms. The fourth-order valence-corrected chi connectivity index (χ4v) is 3.65. The van der Waals surface area contributed by atoms with Gasteiger partial charge in [-0.3, -0.25) is 4.79 Å². The molecular formula is C14H19N3O2S2. The first-order valence-electron chi connectivity index (χ1n) is 6.83. The third-order valence-electron chi connectivity index (χ3n) is 3.43. The summed E-state index contributed by atoms with van der Waals surface area (Å²) in [5, 5.41) is 7.01. The van der Waals surface area contributed by atoms with Crippen molar-refractivity contribution < 1.29 is 9.32 Å². The minimum Gasteiger partial charge on any atom is -0.361 e. The van der Waals surface area contributed by atoms with Crippen molar-refractivity contribution in [1.82, 2.24) is 15.5 Å². The molecule has 0 aromatic carbocycles. The van der Waals surface area contributed by atoms with Gasteiger partial charge < -0.3 is 14.8 Å². The van der Waals surface area contributed by atoms with E-state index in [4.69, 9.17) is 16.7 Å². The Morgan fingerprint density at radius 1 is 1.48 bits per heavy atom. The molecule has 2 aromatic rings. The lowest BCUT2D eigenvalue weighted by atomic mass is 10.0. The third-order valence-corrected chi connectivity index (χ3v) is 4.76. The summed E-state index contributed by atoms with van der Waals surface area (Å²) in [4.78, 5) is 16.3.